The molecular formula is C9H7BrCl2N2O2. The maximum absolute atomic E-state index is 11.3. The quantitative estimate of drug-likeness (QED) is 0.821. The molecule has 0 radical (unpaired) electrons. The van der Waals surface area contributed by atoms with Crippen molar-refractivity contribution in [3.05, 3.63) is 27.7 Å². The van der Waals surface area contributed by atoms with E-state index in [-0.39, 0.29) is 5.88 Å². The maximum atomic E-state index is 11.3. The number of halogens is 3. The first-order valence-corrected chi connectivity index (χ1v) is 5.86. The van der Waals surface area contributed by atoms with Crippen LogP contribution in [0.2, 0.25) is 5.02 Å². The van der Waals surface area contributed by atoms with E-state index in [0.717, 1.165) is 0 Å². The summed E-state index contributed by atoms with van der Waals surface area (Å²) >= 11 is 14.3. The van der Waals surface area contributed by atoms with Gasteiger partial charge in [-0.15, -0.1) is 11.6 Å². The Hall–Kier alpha value is -0.780. The lowest BCUT2D eigenvalue weighted by atomic mass is 10.3. The second-order valence-corrected chi connectivity index (χ2v) is 4.20. The number of alkyl halides is 1. The predicted octanol–water partition coefficient (Wildman–Crippen LogP) is 2.99. The third kappa shape index (κ3) is 3.66. The molecule has 0 saturated carbocycles. The molecule has 0 fully saturated rings. The molecule has 0 saturated heterocycles. The first-order chi connectivity index (χ1) is 7.54. The molecule has 86 valence electrons. The average Bonchev–Trinajstić information content (AvgIpc) is 2.24. The van der Waals surface area contributed by atoms with Gasteiger partial charge in [-0.1, -0.05) is 17.7 Å². The molecule has 0 atom stereocenters. The van der Waals surface area contributed by atoms with E-state index in [4.69, 9.17) is 23.2 Å². The number of anilines is 1. The molecule has 0 unspecified atom stereocenters. The Kier molecular flexibility index (Phi) is 5.05. The SMILES string of the molecule is O=C(CCl)NC(=O)Nc1cccc(Cl)c1Br. The van der Waals surface area contributed by atoms with Crippen LogP contribution in [0.15, 0.2) is 22.7 Å². The molecule has 0 heterocycles. The van der Waals surface area contributed by atoms with E-state index in [0.29, 0.717) is 15.2 Å². The Morgan fingerprint density at radius 3 is 2.69 bits per heavy atom. The van der Waals surface area contributed by atoms with Crippen molar-refractivity contribution >= 4 is 56.8 Å². The van der Waals surface area contributed by atoms with Crippen molar-refractivity contribution < 1.29 is 9.59 Å². The topological polar surface area (TPSA) is 58.2 Å². The number of urea groups is 1. The number of imide groups is 1. The van der Waals surface area contributed by atoms with Crippen LogP contribution in [0.3, 0.4) is 0 Å². The van der Waals surface area contributed by atoms with Crippen molar-refractivity contribution in [3.63, 3.8) is 0 Å². The molecule has 0 aliphatic rings. The number of carbonyl (C=O) groups is 2. The summed E-state index contributed by atoms with van der Waals surface area (Å²) in [6.07, 6.45) is 0. The van der Waals surface area contributed by atoms with Crippen molar-refractivity contribution in [2.24, 2.45) is 0 Å². The van der Waals surface area contributed by atoms with E-state index in [9.17, 15) is 9.59 Å². The van der Waals surface area contributed by atoms with Gasteiger partial charge in [-0.05, 0) is 28.1 Å². The summed E-state index contributed by atoms with van der Waals surface area (Å²) in [5, 5.41) is 4.96. The molecule has 1 rings (SSSR count). The van der Waals surface area contributed by atoms with E-state index < -0.39 is 11.9 Å². The zero-order valence-electron chi connectivity index (χ0n) is 7.89. The summed E-state index contributed by atoms with van der Waals surface area (Å²) in [7, 11) is 0. The molecular weight excluding hydrogens is 319 g/mol. The smallest absolute Gasteiger partial charge is 0.306 e. The van der Waals surface area contributed by atoms with Gasteiger partial charge in [0.25, 0.3) is 0 Å². The molecule has 0 aliphatic heterocycles. The van der Waals surface area contributed by atoms with Gasteiger partial charge in [0, 0.05) is 0 Å². The van der Waals surface area contributed by atoms with Gasteiger partial charge in [0.15, 0.2) is 0 Å². The van der Waals surface area contributed by atoms with Crippen LogP contribution in [0, 0.1) is 0 Å². The first-order valence-electron chi connectivity index (χ1n) is 4.15. The summed E-state index contributed by atoms with van der Waals surface area (Å²) < 4.78 is 0.546. The first kappa shape index (κ1) is 13.3. The molecule has 0 bridgehead atoms. The van der Waals surface area contributed by atoms with Crippen molar-refractivity contribution in [1.29, 1.82) is 0 Å². The molecule has 7 heteroatoms. The minimum atomic E-state index is -0.659. The monoisotopic (exact) mass is 324 g/mol. The Morgan fingerprint density at radius 2 is 2.06 bits per heavy atom. The van der Waals surface area contributed by atoms with E-state index >= 15 is 0 Å². The maximum Gasteiger partial charge on any atom is 0.325 e. The molecule has 0 spiro atoms. The highest BCUT2D eigenvalue weighted by Crippen LogP contribution is 2.29. The largest absolute Gasteiger partial charge is 0.325 e. The number of amides is 3. The summed E-state index contributed by atoms with van der Waals surface area (Å²) in [5.74, 6) is -0.846. The minimum absolute atomic E-state index is 0.274. The van der Waals surface area contributed by atoms with Crippen LogP contribution in [0.5, 0.6) is 0 Å². The Bertz CT molecular complexity index is 426. The van der Waals surface area contributed by atoms with Crippen molar-refractivity contribution in [3.8, 4) is 0 Å². The van der Waals surface area contributed by atoms with Crippen LogP contribution in [-0.2, 0) is 4.79 Å². The van der Waals surface area contributed by atoms with E-state index in [1.165, 1.54) is 0 Å². The van der Waals surface area contributed by atoms with Crippen molar-refractivity contribution in [2.75, 3.05) is 11.2 Å². The molecule has 4 nitrogen and oxygen atoms in total. The molecule has 2 N–H and O–H groups in total. The van der Waals surface area contributed by atoms with Crippen LogP contribution in [0.4, 0.5) is 10.5 Å². The number of hydrogen-bond acceptors (Lipinski definition) is 2. The Labute approximate surface area is 110 Å². The van der Waals surface area contributed by atoms with Gasteiger partial charge in [-0.2, -0.15) is 0 Å². The van der Waals surface area contributed by atoms with Crippen LogP contribution < -0.4 is 10.6 Å². The molecule has 3 amide bonds. The standard InChI is InChI=1S/C9H7BrCl2N2O2/c10-8-5(12)2-1-3-6(8)13-9(16)14-7(15)4-11/h1-3H,4H2,(H2,13,14,15,16). The summed E-state index contributed by atoms with van der Waals surface area (Å²) in [5.41, 5.74) is 0.465. The fourth-order valence-corrected chi connectivity index (χ4v) is 1.52. The summed E-state index contributed by atoms with van der Waals surface area (Å²) in [6.45, 7) is 0. The fourth-order valence-electron chi connectivity index (χ4n) is 0.914. The molecule has 1 aromatic carbocycles. The van der Waals surface area contributed by atoms with Crippen LogP contribution in [0.1, 0.15) is 0 Å². The van der Waals surface area contributed by atoms with Gasteiger partial charge >= 0.3 is 6.03 Å². The molecule has 1 aromatic rings. The number of nitrogens with one attached hydrogen (secondary N) is 2. The van der Waals surface area contributed by atoms with Gasteiger partial charge in [-0.25, -0.2) is 4.79 Å². The van der Waals surface area contributed by atoms with Crippen LogP contribution in [0.25, 0.3) is 0 Å². The average molecular weight is 326 g/mol. The number of benzene rings is 1. The second-order valence-electron chi connectivity index (χ2n) is 2.74. The fraction of sp³-hybridized carbons (Fsp3) is 0.111. The van der Waals surface area contributed by atoms with Crippen LogP contribution >= 0.6 is 39.1 Å². The second kappa shape index (κ2) is 6.08. The zero-order valence-corrected chi connectivity index (χ0v) is 11.0. The number of carbonyl (C=O) groups excluding carboxylic acids is 2. The van der Waals surface area contributed by atoms with E-state index in [1.54, 1.807) is 18.2 Å². The van der Waals surface area contributed by atoms with E-state index in [1.807, 2.05) is 5.32 Å². The molecule has 0 aromatic heterocycles. The lowest BCUT2D eigenvalue weighted by Crippen LogP contribution is -2.35. The van der Waals surface area contributed by atoms with Gasteiger partial charge in [-0.3, -0.25) is 10.1 Å². The minimum Gasteiger partial charge on any atom is -0.306 e. The van der Waals surface area contributed by atoms with Crippen molar-refractivity contribution in [1.82, 2.24) is 5.32 Å². The Morgan fingerprint density at radius 1 is 1.38 bits per heavy atom. The summed E-state index contributed by atoms with van der Waals surface area (Å²) in [6, 6.07) is 4.32. The highest BCUT2D eigenvalue weighted by atomic mass is 79.9. The van der Waals surface area contributed by atoms with E-state index in [2.05, 4.69) is 21.2 Å². The van der Waals surface area contributed by atoms with Gasteiger partial charge in [0.2, 0.25) is 5.91 Å². The van der Waals surface area contributed by atoms with Crippen LogP contribution in [-0.4, -0.2) is 17.8 Å². The van der Waals surface area contributed by atoms with Gasteiger partial charge in [0.05, 0.1) is 15.2 Å². The highest BCUT2D eigenvalue weighted by molar-refractivity contribution is 9.10. The number of hydrogen-bond donors (Lipinski definition) is 2. The normalized spacial score (nSPS) is 9.69. The number of rotatable bonds is 2. The van der Waals surface area contributed by atoms with Gasteiger partial charge < -0.3 is 5.32 Å². The van der Waals surface area contributed by atoms with Gasteiger partial charge in [0.1, 0.15) is 5.88 Å². The highest BCUT2D eigenvalue weighted by Gasteiger charge is 2.09. The Balaban J connectivity index is 2.70. The van der Waals surface area contributed by atoms with Crippen molar-refractivity contribution in [2.45, 2.75) is 0 Å². The lowest BCUT2D eigenvalue weighted by Gasteiger charge is -2.08. The molecule has 0 aliphatic carbocycles. The molecule has 16 heavy (non-hydrogen) atoms. The lowest BCUT2D eigenvalue weighted by molar-refractivity contribution is -0.117. The summed E-state index contributed by atoms with van der Waals surface area (Å²) in [4.78, 5) is 22.1. The third-order valence-corrected chi connectivity index (χ3v) is 3.21. The predicted molar refractivity (Wildman–Crippen MR) is 67.0 cm³/mol. The third-order valence-electron chi connectivity index (χ3n) is 1.57. The zero-order chi connectivity index (χ0) is 12.1.